The number of aromatic amines is 1. The van der Waals surface area contributed by atoms with Gasteiger partial charge in [-0.2, -0.15) is 0 Å². The zero-order valence-corrected chi connectivity index (χ0v) is 14.5. The number of hydrogen-bond acceptors (Lipinski definition) is 6. The molecule has 8 nitrogen and oxygen atoms in total. The summed E-state index contributed by atoms with van der Waals surface area (Å²) in [6, 6.07) is 7.45. The molecular weight excluding hydrogens is 332 g/mol. The maximum absolute atomic E-state index is 12.6. The van der Waals surface area contributed by atoms with Crippen LogP contribution in [0.1, 0.15) is 12.8 Å². The fourth-order valence-corrected chi connectivity index (χ4v) is 3.33. The largest absolute Gasteiger partial charge is 0.495 e. The molecule has 0 saturated carbocycles. The first-order valence-electron chi connectivity index (χ1n) is 8.59. The lowest BCUT2D eigenvalue weighted by Crippen LogP contribution is -2.38. The van der Waals surface area contributed by atoms with E-state index in [-0.39, 0.29) is 11.8 Å². The molecule has 0 atom stereocenters. The number of nitrogens with zero attached hydrogens (tertiary/aromatic N) is 4. The van der Waals surface area contributed by atoms with Gasteiger partial charge in [0.15, 0.2) is 11.5 Å². The van der Waals surface area contributed by atoms with Crippen molar-refractivity contribution in [1.82, 2.24) is 19.9 Å². The van der Waals surface area contributed by atoms with E-state index in [1.807, 2.05) is 24.3 Å². The zero-order valence-electron chi connectivity index (χ0n) is 14.5. The third kappa shape index (κ3) is 3.05. The first-order valence-corrected chi connectivity index (χ1v) is 8.59. The Kier molecular flexibility index (Phi) is 4.39. The minimum absolute atomic E-state index is 0.0310. The summed E-state index contributed by atoms with van der Waals surface area (Å²) in [5.41, 5.74) is 2.20. The van der Waals surface area contributed by atoms with Gasteiger partial charge in [-0.15, -0.1) is 0 Å². The highest BCUT2D eigenvalue weighted by atomic mass is 16.5. The Hall–Kier alpha value is -3.16. The number of hydrogen-bond donors (Lipinski definition) is 2. The summed E-state index contributed by atoms with van der Waals surface area (Å²) in [7, 11) is 1.60. The van der Waals surface area contributed by atoms with Gasteiger partial charge in [0.2, 0.25) is 5.91 Å². The van der Waals surface area contributed by atoms with Crippen LogP contribution in [0.15, 0.2) is 36.9 Å². The molecule has 2 N–H and O–H groups in total. The maximum atomic E-state index is 12.6. The molecular formula is C18H20N6O2. The second-order valence-corrected chi connectivity index (χ2v) is 6.25. The van der Waals surface area contributed by atoms with Crippen molar-refractivity contribution >= 4 is 28.6 Å². The van der Waals surface area contributed by atoms with E-state index in [0.717, 1.165) is 37.3 Å². The summed E-state index contributed by atoms with van der Waals surface area (Å²) < 4.78 is 5.30. The SMILES string of the molecule is COc1ccccc1NC(=O)C1CCN(c2ncnc3nc[nH]c23)CC1. The summed E-state index contributed by atoms with van der Waals surface area (Å²) in [5, 5.41) is 2.99. The van der Waals surface area contributed by atoms with E-state index >= 15 is 0 Å². The average Bonchev–Trinajstić information content (AvgIpc) is 3.17. The average molecular weight is 352 g/mol. The maximum Gasteiger partial charge on any atom is 0.227 e. The molecule has 0 unspecified atom stereocenters. The number of ether oxygens (including phenoxy) is 1. The molecule has 2 aromatic heterocycles. The van der Waals surface area contributed by atoms with Crippen molar-refractivity contribution in [3.05, 3.63) is 36.9 Å². The number of benzene rings is 1. The molecule has 0 radical (unpaired) electrons. The number of nitrogens with one attached hydrogen (secondary N) is 2. The van der Waals surface area contributed by atoms with Gasteiger partial charge in [-0.25, -0.2) is 15.0 Å². The Morgan fingerprint density at radius 2 is 2.04 bits per heavy atom. The van der Waals surface area contributed by atoms with E-state index in [9.17, 15) is 4.79 Å². The van der Waals surface area contributed by atoms with Gasteiger partial charge in [-0.1, -0.05) is 12.1 Å². The Balaban J connectivity index is 1.42. The summed E-state index contributed by atoms with van der Waals surface area (Å²) in [5.74, 6) is 1.51. The van der Waals surface area contributed by atoms with Gasteiger partial charge in [-0.05, 0) is 25.0 Å². The number of anilines is 2. The van der Waals surface area contributed by atoms with Crippen LogP contribution in [0, 0.1) is 5.92 Å². The van der Waals surface area contributed by atoms with Crippen LogP contribution >= 0.6 is 0 Å². The van der Waals surface area contributed by atoms with Crippen LogP contribution < -0.4 is 15.0 Å². The number of rotatable bonds is 4. The molecule has 0 spiro atoms. The van der Waals surface area contributed by atoms with Gasteiger partial charge in [-0.3, -0.25) is 4.79 Å². The number of amides is 1. The van der Waals surface area contributed by atoms with E-state index in [1.54, 1.807) is 13.4 Å². The molecule has 3 heterocycles. The highest BCUT2D eigenvalue weighted by Gasteiger charge is 2.27. The van der Waals surface area contributed by atoms with Crippen molar-refractivity contribution in [3.63, 3.8) is 0 Å². The number of piperidine rings is 1. The number of aromatic nitrogens is 4. The Morgan fingerprint density at radius 1 is 1.23 bits per heavy atom. The zero-order chi connectivity index (χ0) is 17.9. The topological polar surface area (TPSA) is 96.0 Å². The lowest BCUT2D eigenvalue weighted by atomic mass is 9.95. The van der Waals surface area contributed by atoms with Crippen LogP contribution in [0.2, 0.25) is 0 Å². The van der Waals surface area contributed by atoms with Gasteiger partial charge in [0, 0.05) is 19.0 Å². The van der Waals surface area contributed by atoms with Crippen molar-refractivity contribution < 1.29 is 9.53 Å². The monoisotopic (exact) mass is 352 g/mol. The molecule has 1 amide bonds. The minimum atomic E-state index is -0.0322. The number of carbonyl (C=O) groups excluding carboxylic acids is 1. The summed E-state index contributed by atoms with van der Waals surface area (Å²) in [6.45, 7) is 1.52. The molecule has 4 rings (SSSR count). The van der Waals surface area contributed by atoms with Crippen LogP contribution in [0.5, 0.6) is 5.75 Å². The Bertz CT molecular complexity index is 917. The van der Waals surface area contributed by atoms with Gasteiger partial charge < -0.3 is 19.9 Å². The second-order valence-electron chi connectivity index (χ2n) is 6.25. The highest BCUT2D eigenvalue weighted by Crippen LogP contribution is 2.28. The van der Waals surface area contributed by atoms with E-state index in [4.69, 9.17) is 4.74 Å². The molecule has 3 aromatic rings. The van der Waals surface area contributed by atoms with Gasteiger partial charge in [0.05, 0.1) is 19.1 Å². The molecule has 134 valence electrons. The molecule has 1 saturated heterocycles. The number of carbonyl (C=O) groups is 1. The van der Waals surface area contributed by atoms with Crippen molar-refractivity contribution in [1.29, 1.82) is 0 Å². The van der Waals surface area contributed by atoms with E-state index < -0.39 is 0 Å². The van der Waals surface area contributed by atoms with Crippen molar-refractivity contribution in [2.45, 2.75) is 12.8 Å². The van der Waals surface area contributed by atoms with Crippen LogP contribution in [0.4, 0.5) is 11.5 Å². The molecule has 0 aliphatic carbocycles. The summed E-state index contributed by atoms with van der Waals surface area (Å²) >= 11 is 0. The number of methoxy groups -OCH3 is 1. The van der Waals surface area contributed by atoms with E-state index in [0.29, 0.717) is 17.1 Å². The number of imidazole rings is 1. The first kappa shape index (κ1) is 16.3. The summed E-state index contributed by atoms with van der Waals surface area (Å²) in [4.78, 5) is 30.6. The fourth-order valence-electron chi connectivity index (χ4n) is 3.33. The van der Waals surface area contributed by atoms with Gasteiger partial charge in [0.1, 0.15) is 17.6 Å². The Labute approximate surface area is 150 Å². The predicted octanol–water partition coefficient (Wildman–Crippen LogP) is 2.22. The standard InChI is InChI=1S/C18H20N6O2/c1-26-14-5-3-2-4-13(14)23-18(25)12-6-8-24(9-7-12)17-15-16(20-10-19-15)21-11-22-17/h2-5,10-12H,6-9H2,1H3,(H,23,25)(H,19,20,21,22). The third-order valence-electron chi connectivity index (χ3n) is 4.73. The lowest BCUT2D eigenvalue weighted by Gasteiger charge is -2.32. The van der Waals surface area contributed by atoms with Crippen LogP contribution in [0.25, 0.3) is 11.2 Å². The minimum Gasteiger partial charge on any atom is -0.495 e. The molecule has 0 bridgehead atoms. The normalized spacial score (nSPS) is 15.2. The smallest absolute Gasteiger partial charge is 0.227 e. The lowest BCUT2D eigenvalue weighted by molar-refractivity contribution is -0.120. The summed E-state index contributed by atoms with van der Waals surface area (Å²) in [6.07, 6.45) is 4.68. The van der Waals surface area contributed by atoms with Crippen LogP contribution in [-0.4, -0.2) is 46.0 Å². The third-order valence-corrected chi connectivity index (χ3v) is 4.73. The molecule has 8 heteroatoms. The molecule has 1 aliphatic heterocycles. The quantitative estimate of drug-likeness (QED) is 0.747. The molecule has 1 fully saturated rings. The number of fused-ring (bicyclic) bond motifs is 1. The van der Waals surface area contributed by atoms with Gasteiger partial charge in [0.25, 0.3) is 0 Å². The highest BCUT2D eigenvalue weighted by molar-refractivity contribution is 5.94. The van der Waals surface area contributed by atoms with Crippen LogP contribution in [0.3, 0.4) is 0 Å². The van der Waals surface area contributed by atoms with E-state index in [2.05, 4.69) is 30.2 Å². The molecule has 1 aromatic carbocycles. The van der Waals surface area contributed by atoms with Crippen molar-refractivity contribution in [2.75, 3.05) is 30.4 Å². The first-order chi connectivity index (χ1) is 12.8. The second kappa shape index (κ2) is 6.99. The van der Waals surface area contributed by atoms with Gasteiger partial charge >= 0.3 is 0 Å². The van der Waals surface area contributed by atoms with Crippen molar-refractivity contribution in [2.24, 2.45) is 5.92 Å². The number of para-hydroxylation sites is 2. The molecule has 1 aliphatic rings. The number of H-pyrrole nitrogens is 1. The van der Waals surface area contributed by atoms with E-state index in [1.165, 1.54) is 6.33 Å². The van der Waals surface area contributed by atoms with Crippen molar-refractivity contribution in [3.8, 4) is 5.75 Å². The Morgan fingerprint density at radius 3 is 2.85 bits per heavy atom. The predicted molar refractivity (Wildman–Crippen MR) is 98.2 cm³/mol. The fraction of sp³-hybridized carbons (Fsp3) is 0.333. The molecule has 26 heavy (non-hydrogen) atoms. The van der Waals surface area contributed by atoms with Crippen LogP contribution in [-0.2, 0) is 4.79 Å².